The lowest BCUT2D eigenvalue weighted by Crippen LogP contribution is -2.25. The van der Waals surface area contributed by atoms with E-state index in [1.807, 2.05) is 0 Å². The van der Waals surface area contributed by atoms with Crippen LogP contribution in [0, 0.1) is 0 Å². The standard InChI is InChI=1S/C6H5F3O/c7-4-1-3(10)2-5(8)6(4)9/h1,5-6H,2H2. The fourth-order valence-corrected chi connectivity index (χ4v) is 0.761. The minimum atomic E-state index is -2.24. The average Bonchev–Trinajstić information content (AvgIpc) is 1.82. The minimum Gasteiger partial charge on any atom is -0.295 e. The SMILES string of the molecule is O=C1C=C(F)C(F)C(F)C1. The molecule has 0 radical (unpaired) electrons. The number of ketones is 1. The second-order valence-corrected chi connectivity index (χ2v) is 2.12. The first-order valence-corrected chi connectivity index (χ1v) is 2.79. The van der Waals surface area contributed by atoms with Crippen LogP contribution < -0.4 is 0 Å². The Kier molecular flexibility index (Phi) is 1.78. The van der Waals surface area contributed by atoms with Gasteiger partial charge in [0, 0.05) is 12.5 Å². The van der Waals surface area contributed by atoms with Crippen molar-refractivity contribution in [2.24, 2.45) is 0 Å². The number of hydrogen-bond acceptors (Lipinski definition) is 1. The van der Waals surface area contributed by atoms with Gasteiger partial charge in [-0.05, 0) is 0 Å². The predicted molar refractivity (Wildman–Crippen MR) is 28.6 cm³/mol. The molecule has 1 rings (SSSR count). The highest BCUT2D eigenvalue weighted by Crippen LogP contribution is 2.23. The molecule has 2 atom stereocenters. The zero-order valence-electron chi connectivity index (χ0n) is 4.98. The molecular formula is C6H5F3O. The van der Waals surface area contributed by atoms with Crippen LogP contribution in [0.4, 0.5) is 13.2 Å². The number of carbonyl (C=O) groups excluding carboxylic acids is 1. The van der Waals surface area contributed by atoms with Gasteiger partial charge in [-0.25, -0.2) is 13.2 Å². The molecule has 0 aromatic carbocycles. The van der Waals surface area contributed by atoms with E-state index in [-0.39, 0.29) is 0 Å². The Hall–Kier alpha value is -0.800. The number of alkyl halides is 2. The Labute approximate surface area is 55.5 Å². The van der Waals surface area contributed by atoms with Crippen LogP contribution in [0.2, 0.25) is 0 Å². The Balaban J connectivity index is 2.80. The highest BCUT2D eigenvalue weighted by Gasteiger charge is 2.31. The van der Waals surface area contributed by atoms with Gasteiger partial charge in [-0.1, -0.05) is 0 Å². The Morgan fingerprint density at radius 1 is 1.50 bits per heavy atom. The van der Waals surface area contributed by atoms with Gasteiger partial charge >= 0.3 is 0 Å². The van der Waals surface area contributed by atoms with E-state index in [1.54, 1.807) is 0 Å². The third-order valence-corrected chi connectivity index (χ3v) is 1.28. The van der Waals surface area contributed by atoms with E-state index in [0.29, 0.717) is 6.08 Å². The predicted octanol–water partition coefficient (Wildman–Crippen LogP) is 1.49. The number of rotatable bonds is 0. The van der Waals surface area contributed by atoms with Crippen LogP contribution in [0.3, 0.4) is 0 Å². The first-order chi connectivity index (χ1) is 4.61. The number of carbonyl (C=O) groups is 1. The molecule has 0 heterocycles. The van der Waals surface area contributed by atoms with E-state index in [9.17, 15) is 18.0 Å². The van der Waals surface area contributed by atoms with E-state index in [0.717, 1.165) is 0 Å². The summed E-state index contributed by atoms with van der Waals surface area (Å²) in [5, 5.41) is 0. The van der Waals surface area contributed by atoms with E-state index < -0.39 is 30.4 Å². The highest BCUT2D eigenvalue weighted by atomic mass is 19.2. The minimum absolute atomic E-state index is 0.501. The fraction of sp³-hybridized carbons (Fsp3) is 0.500. The maximum Gasteiger partial charge on any atom is 0.183 e. The summed E-state index contributed by atoms with van der Waals surface area (Å²) in [4.78, 5) is 10.3. The average molecular weight is 150 g/mol. The van der Waals surface area contributed by atoms with Crippen molar-refractivity contribution >= 4 is 5.78 Å². The lowest BCUT2D eigenvalue weighted by atomic mass is 10.0. The third-order valence-electron chi connectivity index (χ3n) is 1.28. The summed E-state index contributed by atoms with van der Waals surface area (Å²) in [6.45, 7) is 0. The third kappa shape index (κ3) is 1.20. The van der Waals surface area contributed by atoms with Gasteiger partial charge in [0.2, 0.25) is 0 Å². The lowest BCUT2D eigenvalue weighted by Gasteiger charge is -2.14. The largest absolute Gasteiger partial charge is 0.295 e. The Bertz CT molecular complexity index is 187. The van der Waals surface area contributed by atoms with Gasteiger partial charge < -0.3 is 0 Å². The second kappa shape index (κ2) is 2.44. The number of allylic oxidation sites excluding steroid dienone is 2. The Morgan fingerprint density at radius 3 is 2.60 bits per heavy atom. The molecule has 0 bridgehead atoms. The van der Waals surface area contributed by atoms with Crippen LogP contribution >= 0.6 is 0 Å². The molecule has 1 aliphatic rings. The van der Waals surface area contributed by atoms with Crippen LogP contribution in [0.5, 0.6) is 0 Å². The highest BCUT2D eigenvalue weighted by molar-refractivity contribution is 5.91. The second-order valence-electron chi connectivity index (χ2n) is 2.12. The molecule has 10 heavy (non-hydrogen) atoms. The van der Waals surface area contributed by atoms with Crippen molar-refractivity contribution in [1.82, 2.24) is 0 Å². The molecule has 0 N–H and O–H groups in total. The molecule has 0 spiro atoms. The van der Waals surface area contributed by atoms with Gasteiger partial charge in [-0.3, -0.25) is 4.79 Å². The van der Waals surface area contributed by atoms with Crippen molar-refractivity contribution in [1.29, 1.82) is 0 Å². The van der Waals surface area contributed by atoms with Crippen molar-refractivity contribution in [3.8, 4) is 0 Å². The molecule has 0 fully saturated rings. The molecule has 0 amide bonds. The lowest BCUT2D eigenvalue weighted by molar-refractivity contribution is -0.117. The summed E-state index contributed by atoms with van der Waals surface area (Å²) in [5.41, 5.74) is 0. The monoisotopic (exact) mass is 150 g/mol. The maximum absolute atomic E-state index is 12.2. The smallest absolute Gasteiger partial charge is 0.183 e. The van der Waals surface area contributed by atoms with E-state index in [1.165, 1.54) is 0 Å². The maximum atomic E-state index is 12.2. The molecule has 0 saturated heterocycles. The molecule has 0 saturated carbocycles. The van der Waals surface area contributed by atoms with Gasteiger partial charge in [0.15, 0.2) is 12.0 Å². The van der Waals surface area contributed by atoms with Gasteiger partial charge in [0.25, 0.3) is 0 Å². The normalized spacial score (nSPS) is 33.9. The zero-order chi connectivity index (χ0) is 7.72. The summed E-state index contributed by atoms with van der Waals surface area (Å²) in [7, 11) is 0. The van der Waals surface area contributed by atoms with Gasteiger partial charge in [0.05, 0.1) is 0 Å². The molecule has 1 nitrogen and oxygen atoms in total. The fourth-order valence-electron chi connectivity index (χ4n) is 0.761. The molecule has 4 heteroatoms. The van der Waals surface area contributed by atoms with Crippen LogP contribution in [0.1, 0.15) is 6.42 Å². The Morgan fingerprint density at radius 2 is 2.10 bits per heavy atom. The molecule has 2 unspecified atom stereocenters. The summed E-state index contributed by atoms with van der Waals surface area (Å²) in [5.74, 6) is -2.00. The van der Waals surface area contributed by atoms with Crippen LogP contribution in [0.15, 0.2) is 11.9 Å². The van der Waals surface area contributed by atoms with Crippen molar-refractivity contribution in [3.63, 3.8) is 0 Å². The molecule has 0 aliphatic heterocycles. The van der Waals surface area contributed by atoms with Crippen LogP contribution in [0.25, 0.3) is 0 Å². The van der Waals surface area contributed by atoms with E-state index in [4.69, 9.17) is 0 Å². The van der Waals surface area contributed by atoms with E-state index >= 15 is 0 Å². The van der Waals surface area contributed by atoms with Gasteiger partial charge in [0.1, 0.15) is 12.0 Å². The molecule has 56 valence electrons. The molecular weight excluding hydrogens is 145 g/mol. The van der Waals surface area contributed by atoms with Crippen molar-refractivity contribution in [2.45, 2.75) is 18.8 Å². The van der Waals surface area contributed by atoms with Crippen molar-refractivity contribution in [3.05, 3.63) is 11.9 Å². The van der Waals surface area contributed by atoms with Crippen molar-refractivity contribution < 1.29 is 18.0 Å². The quantitative estimate of drug-likeness (QED) is 0.511. The van der Waals surface area contributed by atoms with Gasteiger partial charge in [-0.15, -0.1) is 0 Å². The molecule has 0 aromatic heterocycles. The van der Waals surface area contributed by atoms with Gasteiger partial charge in [-0.2, -0.15) is 0 Å². The first-order valence-electron chi connectivity index (χ1n) is 2.79. The number of halogens is 3. The number of hydrogen-bond donors (Lipinski definition) is 0. The molecule has 0 aromatic rings. The van der Waals surface area contributed by atoms with Crippen LogP contribution in [-0.4, -0.2) is 18.1 Å². The summed E-state index contributed by atoms with van der Waals surface area (Å²) in [6.07, 6.45) is -4.29. The van der Waals surface area contributed by atoms with E-state index in [2.05, 4.69) is 0 Å². The van der Waals surface area contributed by atoms with Crippen LogP contribution in [-0.2, 0) is 4.79 Å². The van der Waals surface area contributed by atoms with Crippen molar-refractivity contribution in [2.75, 3.05) is 0 Å². The first kappa shape index (κ1) is 7.31. The zero-order valence-corrected chi connectivity index (χ0v) is 4.98. The summed E-state index contributed by atoms with van der Waals surface area (Å²) < 4.78 is 36.5. The summed E-state index contributed by atoms with van der Waals surface area (Å²) >= 11 is 0. The topological polar surface area (TPSA) is 17.1 Å². The molecule has 1 aliphatic carbocycles. The summed E-state index contributed by atoms with van der Waals surface area (Å²) in [6, 6.07) is 0.